The molecule has 1 aliphatic rings. The van der Waals surface area contributed by atoms with Gasteiger partial charge in [0.2, 0.25) is 11.7 Å². The lowest BCUT2D eigenvalue weighted by Crippen LogP contribution is -2.18. The van der Waals surface area contributed by atoms with Crippen molar-refractivity contribution in [2.45, 2.75) is 13.5 Å². The molecule has 0 bridgehead atoms. The van der Waals surface area contributed by atoms with E-state index >= 15 is 0 Å². The maximum Gasteiger partial charge on any atom is 0.257 e. The number of hydrogen-bond acceptors (Lipinski definition) is 7. The van der Waals surface area contributed by atoms with Crippen LogP contribution in [0.25, 0.3) is 11.4 Å². The van der Waals surface area contributed by atoms with Crippen LogP contribution >= 0.6 is 11.6 Å². The van der Waals surface area contributed by atoms with Crippen LogP contribution in [0.3, 0.4) is 0 Å². The van der Waals surface area contributed by atoms with E-state index in [2.05, 4.69) is 20.4 Å². The summed E-state index contributed by atoms with van der Waals surface area (Å²) in [7, 11) is 3.28. The summed E-state index contributed by atoms with van der Waals surface area (Å²) in [5.41, 5.74) is 3.02. The summed E-state index contributed by atoms with van der Waals surface area (Å²) in [6, 6.07) is 7.13. The van der Waals surface area contributed by atoms with Gasteiger partial charge >= 0.3 is 0 Å². The normalized spacial score (nSPS) is 13.0. The number of carbonyl (C=O) groups excluding carboxylic acids is 1. The molecule has 0 saturated heterocycles. The molecular weight excluding hydrogens is 370 g/mol. The third kappa shape index (κ3) is 2.97. The first kappa shape index (κ1) is 17.3. The number of hydrogen-bond donors (Lipinski definition) is 1. The summed E-state index contributed by atoms with van der Waals surface area (Å²) in [4.78, 5) is 22.6. The molecule has 0 aliphatic carbocycles. The molecule has 0 radical (unpaired) electrons. The van der Waals surface area contributed by atoms with Gasteiger partial charge in [0.05, 0.1) is 41.9 Å². The lowest BCUT2D eigenvalue weighted by Gasteiger charge is -2.15. The van der Waals surface area contributed by atoms with Crippen molar-refractivity contribution in [3.05, 3.63) is 46.6 Å². The lowest BCUT2D eigenvalue weighted by atomic mass is 10.1. The van der Waals surface area contributed by atoms with Crippen LogP contribution in [-0.2, 0) is 6.54 Å². The van der Waals surface area contributed by atoms with E-state index in [1.807, 2.05) is 18.2 Å². The van der Waals surface area contributed by atoms with E-state index in [1.54, 1.807) is 32.0 Å². The van der Waals surface area contributed by atoms with Crippen molar-refractivity contribution < 1.29 is 14.1 Å². The molecule has 8 nitrogen and oxygen atoms in total. The fourth-order valence-corrected chi connectivity index (χ4v) is 3.30. The molecule has 3 heterocycles. The van der Waals surface area contributed by atoms with E-state index < -0.39 is 0 Å². The Morgan fingerprint density at radius 2 is 2.11 bits per heavy atom. The summed E-state index contributed by atoms with van der Waals surface area (Å²) in [5.74, 6) is 1.29. The molecule has 0 spiro atoms. The minimum atomic E-state index is -0.111. The number of amides is 1. The SMILES string of the molecule is COc1c(Nc2cc(Cl)nc3c2C(=O)N(C)C3)cccc1-c1noc(C)n1. The van der Waals surface area contributed by atoms with Crippen molar-refractivity contribution in [3.8, 4) is 17.1 Å². The molecule has 27 heavy (non-hydrogen) atoms. The Bertz CT molecular complexity index is 1050. The van der Waals surface area contributed by atoms with E-state index in [4.69, 9.17) is 20.9 Å². The average molecular weight is 386 g/mol. The van der Waals surface area contributed by atoms with E-state index in [1.165, 1.54) is 0 Å². The Morgan fingerprint density at radius 1 is 1.30 bits per heavy atom. The van der Waals surface area contributed by atoms with Crippen LogP contribution in [0.5, 0.6) is 5.75 Å². The van der Waals surface area contributed by atoms with Crippen molar-refractivity contribution >= 4 is 28.9 Å². The van der Waals surface area contributed by atoms with Crippen LogP contribution in [0.15, 0.2) is 28.8 Å². The van der Waals surface area contributed by atoms with Crippen LogP contribution in [0.4, 0.5) is 11.4 Å². The highest BCUT2D eigenvalue weighted by molar-refractivity contribution is 6.30. The number of anilines is 2. The van der Waals surface area contributed by atoms with Gasteiger partial charge in [0.1, 0.15) is 5.15 Å². The molecule has 3 aromatic rings. The number of pyridine rings is 1. The van der Waals surface area contributed by atoms with Crippen molar-refractivity contribution in [1.82, 2.24) is 20.0 Å². The first-order valence-electron chi connectivity index (χ1n) is 8.17. The number of carbonyl (C=O) groups is 1. The number of halogens is 1. The van der Waals surface area contributed by atoms with E-state index in [-0.39, 0.29) is 5.91 Å². The second-order valence-corrected chi connectivity index (χ2v) is 6.51. The summed E-state index contributed by atoms with van der Waals surface area (Å²) in [6.45, 7) is 2.14. The molecule has 9 heteroatoms. The Labute approximate surface area is 160 Å². The topological polar surface area (TPSA) is 93.4 Å². The summed E-state index contributed by atoms with van der Waals surface area (Å²) < 4.78 is 10.6. The van der Waals surface area contributed by atoms with Gasteiger partial charge < -0.3 is 19.5 Å². The quantitative estimate of drug-likeness (QED) is 0.687. The van der Waals surface area contributed by atoms with Gasteiger partial charge in [-0.05, 0) is 18.2 Å². The number of aromatic nitrogens is 3. The number of benzene rings is 1. The van der Waals surface area contributed by atoms with Gasteiger partial charge in [-0.1, -0.05) is 22.8 Å². The molecule has 138 valence electrons. The van der Waals surface area contributed by atoms with Crippen molar-refractivity contribution in [2.75, 3.05) is 19.5 Å². The minimum Gasteiger partial charge on any atom is -0.494 e. The maximum absolute atomic E-state index is 12.5. The highest BCUT2D eigenvalue weighted by Gasteiger charge is 2.30. The fourth-order valence-electron chi connectivity index (χ4n) is 3.09. The monoisotopic (exact) mass is 385 g/mol. The molecule has 2 aromatic heterocycles. The lowest BCUT2D eigenvalue weighted by molar-refractivity contribution is 0.0817. The Hall–Kier alpha value is -3.13. The Kier molecular flexibility index (Phi) is 4.19. The van der Waals surface area contributed by atoms with Crippen LogP contribution in [0.1, 0.15) is 21.9 Å². The molecule has 4 rings (SSSR count). The summed E-state index contributed by atoms with van der Waals surface area (Å²) in [5, 5.41) is 7.51. The van der Waals surface area contributed by atoms with Gasteiger partial charge in [0, 0.05) is 14.0 Å². The Morgan fingerprint density at radius 3 is 2.81 bits per heavy atom. The second kappa shape index (κ2) is 6.55. The molecule has 0 fully saturated rings. The number of para-hydroxylation sites is 1. The third-order valence-corrected chi connectivity index (χ3v) is 4.46. The standard InChI is InChI=1S/C18H16ClN5O3/c1-9-20-17(23-27-9)10-5-4-6-11(16(10)26-3)21-12-7-14(19)22-13-8-24(2)18(25)15(12)13/h4-7H,8H2,1-3H3,(H,21,22). The minimum absolute atomic E-state index is 0.111. The highest BCUT2D eigenvalue weighted by atomic mass is 35.5. The predicted molar refractivity (Wildman–Crippen MR) is 99.4 cm³/mol. The average Bonchev–Trinajstić information content (AvgIpc) is 3.18. The number of nitrogens with one attached hydrogen (secondary N) is 1. The zero-order valence-electron chi connectivity index (χ0n) is 14.9. The number of nitrogens with zero attached hydrogens (tertiary/aromatic N) is 4. The summed E-state index contributed by atoms with van der Waals surface area (Å²) in [6.07, 6.45) is 0. The number of aryl methyl sites for hydroxylation is 1. The first-order chi connectivity index (χ1) is 13.0. The van der Waals surface area contributed by atoms with Crippen LogP contribution in [-0.4, -0.2) is 40.1 Å². The molecule has 1 amide bonds. The number of fused-ring (bicyclic) bond motifs is 1. The number of methoxy groups -OCH3 is 1. The van der Waals surface area contributed by atoms with Crippen LogP contribution < -0.4 is 10.1 Å². The molecule has 0 saturated carbocycles. The zero-order chi connectivity index (χ0) is 19.1. The molecule has 1 N–H and O–H groups in total. The summed E-state index contributed by atoms with van der Waals surface area (Å²) >= 11 is 6.15. The highest BCUT2D eigenvalue weighted by Crippen LogP contribution is 2.39. The second-order valence-electron chi connectivity index (χ2n) is 6.12. The van der Waals surface area contributed by atoms with E-state index in [0.29, 0.717) is 57.4 Å². The van der Waals surface area contributed by atoms with Crippen LogP contribution in [0, 0.1) is 6.92 Å². The number of ether oxygens (including phenoxy) is 1. The van der Waals surface area contributed by atoms with Crippen molar-refractivity contribution in [2.24, 2.45) is 0 Å². The molecule has 0 atom stereocenters. The zero-order valence-corrected chi connectivity index (χ0v) is 15.7. The fraction of sp³-hybridized carbons (Fsp3) is 0.222. The van der Waals surface area contributed by atoms with Gasteiger partial charge in [-0.2, -0.15) is 4.98 Å². The van der Waals surface area contributed by atoms with E-state index in [0.717, 1.165) is 0 Å². The van der Waals surface area contributed by atoms with Gasteiger partial charge in [-0.25, -0.2) is 4.98 Å². The smallest absolute Gasteiger partial charge is 0.257 e. The van der Waals surface area contributed by atoms with Crippen molar-refractivity contribution in [3.63, 3.8) is 0 Å². The van der Waals surface area contributed by atoms with Gasteiger partial charge in [0.25, 0.3) is 5.91 Å². The molecule has 0 unspecified atom stereocenters. The Balaban J connectivity index is 1.80. The predicted octanol–water partition coefficient (Wildman–Crippen LogP) is 3.43. The van der Waals surface area contributed by atoms with E-state index in [9.17, 15) is 4.79 Å². The molecular formula is C18H16ClN5O3. The first-order valence-corrected chi connectivity index (χ1v) is 8.55. The van der Waals surface area contributed by atoms with Crippen LogP contribution in [0.2, 0.25) is 5.15 Å². The number of rotatable bonds is 4. The van der Waals surface area contributed by atoms with Gasteiger partial charge in [0.15, 0.2) is 5.75 Å². The maximum atomic E-state index is 12.5. The molecule has 1 aromatic carbocycles. The molecule has 1 aliphatic heterocycles. The third-order valence-electron chi connectivity index (χ3n) is 4.27. The van der Waals surface area contributed by atoms with Gasteiger partial charge in [-0.15, -0.1) is 0 Å². The van der Waals surface area contributed by atoms with Crippen molar-refractivity contribution in [1.29, 1.82) is 0 Å². The largest absolute Gasteiger partial charge is 0.494 e. The van der Waals surface area contributed by atoms with Gasteiger partial charge in [-0.3, -0.25) is 4.79 Å².